The SMILES string of the molecule is Cc1cc(C)cc(-n2c(-c3ccoc3C)n[nH]c2=S)c1. The van der Waals surface area contributed by atoms with Gasteiger partial charge in [0.05, 0.1) is 17.5 Å². The number of furan rings is 1. The molecule has 0 saturated heterocycles. The number of aromatic amines is 1. The smallest absolute Gasteiger partial charge is 0.200 e. The maximum Gasteiger partial charge on any atom is 0.200 e. The quantitative estimate of drug-likeness (QED) is 0.721. The van der Waals surface area contributed by atoms with E-state index < -0.39 is 0 Å². The molecule has 3 rings (SSSR count). The summed E-state index contributed by atoms with van der Waals surface area (Å²) in [6.45, 7) is 6.06. The molecule has 2 aromatic heterocycles. The van der Waals surface area contributed by atoms with E-state index >= 15 is 0 Å². The van der Waals surface area contributed by atoms with Crippen LogP contribution in [0.25, 0.3) is 17.1 Å². The zero-order valence-corrected chi connectivity index (χ0v) is 12.4. The molecule has 102 valence electrons. The monoisotopic (exact) mass is 285 g/mol. The number of hydrogen-bond donors (Lipinski definition) is 1. The molecule has 0 aliphatic rings. The molecule has 0 aliphatic heterocycles. The fourth-order valence-corrected chi connectivity index (χ4v) is 2.65. The van der Waals surface area contributed by atoms with Crippen molar-refractivity contribution in [2.45, 2.75) is 20.8 Å². The third-order valence-corrected chi connectivity index (χ3v) is 3.51. The average molecular weight is 285 g/mol. The molecule has 0 radical (unpaired) electrons. The number of rotatable bonds is 2. The van der Waals surface area contributed by atoms with Crippen LogP contribution in [0.15, 0.2) is 34.9 Å². The Balaban J connectivity index is 2.27. The fourth-order valence-electron chi connectivity index (χ4n) is 2.41. The van der Waals surface area contributed by atoms with Crippen molar-refractivity contribution >= 4 is 12.2 Å². The van der Waals surface area contributed by atoms with Gasteiger partial charge in [0, 0.05) is 0 Å². The molecule has 4 nitrogen and oxygen atoms in total. The first-order chi connectivity index (χ1) is 9.56. The third kappa shape index (κ3) is 2.10. The first kappa shape index (κ1) is 12.9. The summed E-state index contributed by atoms with van der Waals surface area (Å²) in [5, 5.41) is 7.20. The van der Waals surface area contributed by atoms with E-state index in [-0.39, 0.29) is 0 Å². The molecule has 0 amide bonds. The zero-order valence-electron chi connectivity index (χ0n) is 11.6. The van der Waals surface area contributed by atoms with Crippen molar-refractivity contribution < 1.29 is 4.42 Å². The highest BCUT2D eigenvalue weighted by molar-refractivity contribution is 7.71. The zero-order chi connectivity index (χ0) is 14.3. The van der Waals surface area contributed by atoms with Gasteiger partial charge in [-0.2, -0.15) is 5.10 Å². The fraction of sp³-hybridized carbons (Fsp3) is 0.200. The van der Waals surface area contributed by atoms with Gasteiger partial charge in [-0.25, -0.2) is 0 Å². The summed E-state index contributed by atoms with van der Waals surface area (Å²) in [5.41, 5.74) is 4.34. The van der Waals surface area contributed by atoms with E-state index in [4.69, 9.17) is 16.6 Å². The number of aromatic nitrogens is 3. The van der Waals surface area contributed by atoms with Crippen LogP contribution < -0.4 is 0 Å². The molecule has 0 aliphatic carbocycles. The molecular weight excluding hydrogens is 270 g/mol. The van der Waals surface area contributed by atoms with Crippen molar-refractivity contribution in [2.75, 3.05) is 0 Å². The number of aryl methyl sites for hydroxylation is 3. The predicted molar refractivity (Wildman–Crippen MR) is 80.7 cm³/mol. The molecular formula is C15H15N3OS. The van der Waals surface area contributed by atoms with Crippen LogP contribution in [0.4, 0.5) is 0 Å². The summed E-state index contributed by atoms with van der Waals surface area (Å²) >= 11 is 5.37. The van der Waals surface area contributed by atoms with Crippen LogP contribution >= 0.6 is 12.2 Å². The number of benzene rings is 1. The number of hydrogen-bond acceptors (Lipinski definition) is 3. The van der Waals surface area contributed by atoms with E-state index in [1.54, 1.807) is 6.26 Å². The lowest BCUT2D eigenvalue weighted by Gasteiger charge is -2.08. The third-order valence-electron chi connectivity index (χ3n) is 3.24. The van der Waals surface area contributed by atoms with Gasteiger partial charge in [0.2, 0.25) is 0 Å². The summed E-state index contributed by atoms with van der Waals surface area (Å²) in [5.74, 6) is 1.59. The summed E-state index contributed by atoms with van der Waals surface area (Å²) in [6.07, 6.45) is 1.66. The number of nitrogens with one attached hydrogen (secondary N) is 1. The normalized spacial score (nSPS) is 10.9. The van der Waals surface area contributed by atoms with E-state index in [9.17, 15) is 0 Å². The van der Waals surface area contributed by atoms with Gasteiger partial charge >= 0.3 is 0 Å². The van der Waals surface area contributed by atoms with Crippen molar-refractivity contribution in [2.24, 2.45) is 0 Å². The van der Waals surface area contributed by atoms with Crippen LogP contribution in [0.3, 0.4) is 0 Å². The topological polar surface area (TPSA) is 46.8 Å². The van der Waals surface area contributed by atoms with Crippen molar-refractivity contribution in [3.63, 3.8) is 0 Å². The standard InChI is InChI=1S/C15H15N3OS/c1-9-6-10(2)8-12(7-9)18-14(16-17-15(18)20)13-4-5-19-11(13)3/h4-8H,1-3H3,(H,17,20). The van der Waals surface area contributed by atoms with E-state index in [1.807, 2.05) is 17.6 Å². The Morgan fingerprint density at radius 2 is 1.85 bits per heavy atom. The Morgan fingerprint density at radius 1 is 1.15 bits per heavy atom. The molecule has 0 saturated carbocycles. The lowest BCUT2D eigenvalue weighted by Crippen LogP contribution is -1.99. The van der Waals surface area contributed by atoms with Crippen LogP contribution in [0.5, 0.6) is 0 Å². The highest BCUT2D eigenvalue weighted by atomic mass is 32.1. The van der Waals surface area contributed by atoms with Crippen molar-refractivity contribution in [1.29, 1.82) is 0 Å². The minimum absolute atomic E-state index is 0.575. The highest BCUT2D eigenvalue weighted by Crippen LogP contribution is 2.26. The number of H-pyrrole nitrogens is 1. The van der Waals surface area contributed by atoms with Gasteiger partial charge in [0.25, 0.3) is 0 Å². The molecule has 20 heavy (non-hydrogen) atoms. The van der Waals surface area contributed by atoms with Gasteiger partial charge < -0.3 is 4.42 Å². The first-order valence-electron chi connectivity index (χ1n) is 6.37. The van der Waals surface area contributed by atoms with Crippen molar-refractivity contribution in [3.8, 4) is 17.1 Å². The van der Waals surface area contributed by atoms with Gasteiger partial charge in [-0.05, 0) is 62.3 Å². The molecule has 1 aromatic carbocycles. The largest absolute Gasteiger partial charge is 0.469 e. The van der Waals surface area contributed by atoms with Gasteiger partial charge in [-0.3, -0.25) is 9.67 Å². The second-order valence-corrected chi connectivity index (χ2v) is 5.31. The molecule has 2 heterocycles. The number of nitrogens with zero attached hydrogens (tertiary/aromatic N) is 2. The van der Waals surface area contributed by atoms with Crippen LogP contribution in [-0.2, 0) is 0 Å². The van der Waals surface area contributed by atoms with E-state index in [2.05, 4.69) is 42.2 Å². The maximum atomic E-state index is 5.37. The first-order valence-corrected chi connectivity index (χ1v) is 6.77. The van der Waals surface area contributed by atoms with Crippen LogP contribution in [0.1, 0.15) is 16.9 Å². The molecule has 3 aromatic rings. The van der Waals surface area contributed by atoms with E-state index in [0.29, 0.717) is 4.77 Å². The minimum atomic E-state index is 0.575. The maximum absolute atomic E-state index is 5.37. The Labute approximate surface area is 122 Å². The Bertz CT molecular complexity index is 806. The van der Waals surface area contributed by atoms with Crippen LogP contribution in [0, 0.1) is 25.5 Å². The van der Waals surface area contributed by atoms with Crippen LogP contribution in [-0.4, -0.2) is 14.8 Å². The molecule has 0 bridgehead atoms. The molecule has 5 heteroatoms. The van der Waals surface area contributed by atoms with Crippen LogP contribution in [0.2, 0.25) is 0 Å². The summed E-state index contributed by atoms with van der Waals surface area (Å²) in [4.78, 5) is 0. The molecule has 0 unspecified atom stereocenters. The molecule has 0 fully saturated rings. The van der Waals surface area contributed by atoms with Gasteiger partial charge in [-0.1, -0.05) is 6.07 Å². The second kappa shape index (κ2) is 4.76. The van der Waals surface area contributed by atoms with E-state index in [1.165, 1.54) is 11.1 Å². The average Bonchev–Trinajstić information content (AvgIpc) is 2.93. The predicted octanol–water partition coefficient (Wildman–Crippen LogP) is 4.12. The van der Waals surface area contributed by atoms with Gasteiger partial charge in [0.15, 0.2) is 10.6 Å². The Kier molecular flexibility index (Phi) is 3.06. The second-order valence-electron chi connectivity index (χ2n) is 4.92. The summed E-state index contributed by atoms with van der Waals surface area (Å²) < 4.78 is 7.88. The Hall–Kier alpha value is -2.14. The summed E-state index contributed by atoms with van der Waals surface area (Å²) in [7, 11) is 0. The van der Waals surface area contributed by atoms with Crippen molar-refractivity contribution in [1.82, 2.24) is 14.8 Å². The molecule has 1 N–H and O–H groups in total. The highest BCUT2D eigenvalue weighted by Gasteiger charge is 2.14. The van der Waals surface area contributed by atoms with Gasteiger partial charge in [-0.15, -0.1) is 0 Å². The molecule has 0 spiro atoms. The lowest BCUT2D eigenvalue weighted by molar-refractivity contribution is 0.535. The van der Waals surface area contributed by atoms with Crippen molar-refractivity contribution in [3.05, 3.63) is 52.2 Å². The Morgan fingerprint density at radius 3 is 2.45 bits per heavy atom. The summed E-state index contributed by atoms with van der Waals surface area (Å²) in [6, 6.07) is 8.23. The molecule has 0 atom stereocenters. The minimum Gasteiger partial charge on any atom is -0.469 e. The van der Waals surface area contributed by atoms with E-state index in [0.717, 1.165) is 22.8 Å². The van der Waals surface area contributed by atoms with Gasteiger partial charge in [0.1, 0.15) is 5.76 Å². The lowest BCUT2D eigenvalue weighted by atomic mass is 10.1.